The van der Waals surface area contributed by atoms with E-state index in [-0.39, 0.29) is 18.2 Å². The first kappa shape index (κ1) is 22.1. The van der Waals surface area contributed by atoms with Gasteiger partial charge in [0.2, 0.25) is 5.88 Å². The van der Waals surface area contributed by atoms with Gasteiger partial charge >= 0.3 is 6.36 Å². The third-order valence-corrected chi connectivity index (χ3v) is 5.90. The number of alkyl halides is 3. The zero-order valence-corrected chi connectivity index (χ0v) is 18.2. The van der Waals surface area contributed by atoms with E-state index in [1.807, 2.05) is 18.3 Å². The van der Waals surface area contributed by atoms with Gasteiger partial charge in [-0.3, -0.25) is 0 Å². The highest BCUT2D eigenvalue weighted by Crippen LogP contribution is 2.40. The molecular weight excluding hydrogens is 423 g/mol. The molecule has 1 aliphatic rings. The highest BCUT2D eigenvalue weighted by Gasteiger charge is 2.31. The SMILES string of the molecule is COc1cc(N2CCC(N(C)C)C2)cc2cn(Cc3ccc(OC(F)(F)F)cc3)c(O)c12. The molecule has 0 saturated carbocycles. The van der Waals surface area contributed by atoms with Crippen LogP contribution in [-0.4, -0.2) is 61.3 Å². The van der Waals surface area contributed by atoms with Crippen LogP contribution >= 0.6 is 0 Å². The van der Waals surface area contributed by atoms with E-state index in [9.17, 15) is 18.3 Å². The molecule has 1 atom stereocenters. The van der Waals surface area contributed by atoms with Gasteiger partial charge < -0.3 is 28.9 Å². The summed E-state index contributed by atoms with van der Waals surface area (Å²) in [7, 11) is 5.73. The van der Waals surface area contributed by atoms with Crippen molar-refractivity contribution in [2.75, 3.05) is 39.2 Å². The summed E-state index contributed by atoms with van der Waals surface area (Å²) in [5.74, 6) is 0.346. The van der Waals surface area contributed by atoms with Crippen molar-refractivity contribution in [3.8, 4) is 17.4 Å². The number of anilines is 1. The molecule has 1 fully saturated rings. The second-order valence-electron chi connectivity index (χ2n) is 8.24. The van der Waals surface area contributed by atoms with Crippen LogP contribution in [0.3, 0.4) is 0 Å². The van der Waals surface area contributed by atoms with Gasteiger partial charge in [-0.1, -0.05) is 12.1 Å². The van der Waals surface area contributed by atoms with Crippen molar-refractivity contribution in [2.45, 2.75) is 25.4 Å². The minimum Gasteiger partial charge on any atom is -0.496 e. The van der Waals surface area contributed by atoms with Crippen LogP contribution in [0.15, 0.2) is 42.6 Å². The Bertz CT molecular complexity index is 1090. The Labute approximate surface area is 184 Å². The zero-order valence-electron chi connectivity index (χ0n) is 18.2. The van der Waals surface area contributed by atoms with Gasteiger partial charge in [-0.05, 0) is 44.3 Å². The van der Waals surface area contributed by atoms with Crippen LogP contribution in [0.5, 0.6) is 17.4 Å². The molecule has 3 aromatic rings. The van der Waals surface area contributed by atoms with Crippen LogP contribution in [0.2, 0.25) is 0 Å². The van der Waals surface area contributed by atoms with E-state index in [1.165, 1.54) is 12.1 Å². The van der Waals surface area contributed by atoms with Gasteiger partial charge in [0.1, 0.15) is 11.5 Å². The fourth-order valence-corrected chi connectivity index (χ4v) is 4.19. The summed E-state index contributed by atoms with van der Waals surface area (Å²) in [5.41, 5.74) is 1.76. The molecule has 0 bridgehead atoms. The summed E-state index contributed by atoms with van der Waals surface area (Å²) in [4.78, 5) is 4.53. The highest BCUT2D eigenvalue weighted by atomic mass is 19.4. The molecule has 1 unspecified atom stereocenters. The third kappa shape index (κ3) is 4.57. The number of ether oxygens (including phenoxy) is 2. The van der Waals surface area contributed by atoms with Crippen LogP contribution in [0.4, 0.5) is 18.9 Å². The van der Waals surface area contributed by atoms with Crippen molar-refractivity contribution in [1.82, 2.24) is 9.47 Å². The Morgan fingerprint density at radius 1 is 1.16 bits per heavy atom. The first-order valence-corrected chi connectivity index (χ1v) is 10.3. The summed E-state index contributed by atoms with van der Waals surface area (Å²) in [6, 6.07) is 10.1. The summed E-state index contributed by atoms with van der Waals surface area (Å²) < 4.78 is 48.2. The average Bonchev–Trinajstić information content (AvgIpc) is 3.34. The van der Waals surface area contributed by atoms with Crippen LogP contribution in [-0.2, 0) is 6.54 Å². The normalized spacial score (nSPS) is 16.8. The molecule has 2 heterocycles. The van der Waals surface area contributed by atoms with Crippen molar-refractivity contribution >= 4 is 16.5 Å². The third-order valence-electron chi connectivity index (χ3n) is 5.90. The predicted molar refractivity (Wildman–Crippen MR) is 117 cm³/mol. The predicted octanol–water partition coefficient (Wildman–Crippen LogP) is 4.44. The lowest BCUT2D eigenvalue weighted by Crippen LogP contribution is -2.31. The minimum absolute atomic E-state index is 0.0478. The number of nitrogens with zero attached hydrogens (tertiary/aromatic N) is 3. The molecule has 0 spiro atoms. The van der Waals surface area contributed by atoms with E-state index in [0.717, 1.165) is 36.1 Å². The number of methoxy groups -OCH3 is 1. The first-order chi connectivity index (χ1) is 15.1. The maximum absolute atomic E-state index is 12.4. The second kappa shape index (κ2) is 8.46. The molecule has 1 aromatic heterocycles. The number of hydrogen-bond donors (Lipinski definition) is 1. The summed E-state index contributed by atoms with van der Waals surface area (Å²) in [6.07, 6.45) is -1.82. The van der Waals surface area contributed by atoms with Gasteiger partial charge in [0.25, 0.3) is 0 Å². The van der Waals surface area contributed by atoms with Crippen LogP contribution in [0, 0.1) is 0 Å². The maximum Gasteiger partial charge on any atom is 0.573 e. The van der Waals surface area contributed by atoms with Crippen molar-refractivity contribution in [2.24, 2.45) is 0 Å². The van der Waals surface area contributed by atoms with Crippen molar-refractivity contribution in [3.05, 3.63) is 48.2 Å². The molecule has 1 N–H and O–H groups in total. The van der Waals surface area contributed by atoms with E-state index in [2.05, 4.69) is 28.6 Å². The standard InChI is InChI=1S/C23H26F3N3O3/c1-27(2)17-8-9-28(14-17)18-10-16-13-29(22(30)21(16)20(11-18)31-3)12-15-4-6-19(7-5-15)32-23(24,25)26/h4-7,10-11,13,17,30H,8-9,12,14H2,1-3H3. The molecule has 0 amide bonds. The Morgan fingerprint density at radius 3 is 2.47 bits per heavy atom. The fourth-order valence-electron chi connectivity index (χ4n) is 4.19. The summed E-state index contributed by atoms with van der Waals surface area (Å²) in [6.45, 7) is 2.15. The molecule has 0 aliphatic carbocycles. The molecule has 172 valence electrons. The number of halogens is 3. The molecule has 1 saturated heterocycles. The number of likely N-dealkylation sites (N-methyl/N-ethyl adjacent to an activating group) is 1. The van der Waals surface area contributed by atoms with Crippen molar-refractivity contribution < 1.29 is 27.8 Å². The quantitative estimate of drug-likeness (QED) is 0.603. The van der Waals surface area contributed by atoms with Gasteiger partial charge in [0.05, 0.1) is 19.0 Å². The first-order valence-electron chi connectivity index (χ1n) is 10.3. The second-order valence-corrected chi connectivity index (χ2v) is 8.24. The molecule has 4 rings (SSSR count). The minimum atomic E-state index is -4.73. The molecule has 0 radical (unpaired) electrons. The number of aromatic hydroxyl groups is 1. The van der Waals surface area contributed by atoms with E-state index in [0.29, 0.717) is 17.2 Å². The Kier molecular flexibility index (Phi) is 5.85. The van der Waals surface area contributed by atoms with E-state index in [4.69, 9.17) is 4.74 Å². The molecule has 9 heteroatoms. The zero-order chi connectivity index (χ0) is 23.0. The Hall–Kier alpha value is -3.07. The van der Waals surface area contributed by atoms with Gasteiger partial charge in [-0.25, -0.2) is 0 Å². The average molecular weight is 449 g/mol. The molecule has 2 aromatic carbocycles. The lowest BCUT2D eigenvalue weighted by atomic mass is 10.1. The topological polar surface area (TPSA) is 50.1 Å². The maximum atomic E-state index is 12.4. The monoisotopic (exact) mass is 449 g/mol. The summed E-state index contributed by atoms with van der Waals surface area (Å²) in [5, 5.41) is 12.3. The number of aromatic nitrogens is 1. The van der Waals surface area contributed by atoms with Crippen molar-refractivity contribution in [3.63, 3.8) is 0 Å². The Balaban J connectivity index is 1.60. The van der Waals surface area contributed by atoms with Crippen LogP contribution in [0.25, 0.3) is 10.8 Å². The highest BCUT2D eigenvalue weighted by molar-refractivity contribution is 5.96. The van der Waals surface area contributed by atoms with E-state index in [1.54, 1.807) is 23.8 Å². The largest absolute Gasteiger partial charge is 0.573 e. The number of benzene rings is 2. The number of fused-ring (bicyclic) bond motifs is 1. The van der Waals surface area contributed by atoms with Crippen LogP contribution < -0.4 is 14.4 Å². The smallest absolute Gasteiger partial charge is 0.496 e. The molecule has 1 aliphatic heterocycles. The molecule has 6 nitrogen and oxygen atoms in total. The molecular formula is C23H26F3N3O3. The fraction of sp³-hybridized carbons (Fsp3) is 0.391. The lowest BCUT2D eigenvalue weighted by Gasteiger charge is -2.22. The number of rotatable bonds is 6. The number of hydrogen-bond acceptors (Lipinski definition) is 5. The van der Waals surface area contributed by atoms with Gasteiger partial charge in [0, 0.05) is 42.5 Å². The van der Waals surface area contributed by atoms with E-state index < -0.39 is 6.36 Å². The summed E-state index contributed by atoms with van der Waals surface area (Å²) >= 11 is 0. The lowest BCUT2D eigenvalue weighted by molar-refractivity contribution is -0.274. The van der Waals surface area contributed by atoms with Gasteiger partial charge in [0.15, 0.2) is 0 Å². The van der Waals surface area contributed by atoms with Crippen molar-refractivity contribution in [1.29, 1.82) is 0 Å². The Morgan fingerprint density at radius 2 is 1.88 bits per heavy atom. The molecule has 32 heavy (non-hydrogen) atoms. The van der Waals surface area contributed by atoms with Crippen LogP contribution in [0.1, 0.15) is 12.0 Å². The van der Waals surface area contributed by atoms with Gasteiger partial charge in [-0.15, -0.1) is 13.2 Å². The van der Waals surface area contributed by atoms with E-state index >= 15 is 0 Å². The van der Waals surface area contributed by atoms with Gasteiger partial charge in [-0.2, -0.15) is 0 Å².